The average molecular weight is 337 g/mol. The first-order valence-corrected chi connectivity index (χ1v) is 7.38. The maximum Gasteiger partial charge on any atom is 0.175 e. The van der Waals surface area contributed by atoms with E-state index in [-0.39, 0.29) is 0 Å². The van der Waals surface area contributed by atoms with Crippen molar-refractivity contribution in [3.63, 3.8) is 0 Å². The number of aryl methyl sites for hydroxylation is 1. The molecule has 0 aliphatic rings. The van der Waals surface area contributed by atoms with Crippen molar-refractivity contribution in [2.75, 3.05) is 24.9 Å². The Morgan fingerprint density at radius 2 is 1.64 bits per heavy atom. The summed E-state index contributed by atoms with van der Waals surface area (Å²) in [6.07, 6.45) is 0. The molecule has 22 heavy (non-hydrogen) atoms. The summed E-state index contributed by atoms with van der Waals surface area (Å²) in [5.41, 5.74) is 2.77. The Morgan fingerprint density at radius 3 is 2.23 bits per heavy atom. The molecule has 2 aromatic rings. The zero-order chi connectivity index (χ0) is 16.1. The third-order valence-electron chi connectivity index (χ3n) is 3.03. The van der Waals surface area contributed by atoms with Crippen LogP contribution in [0.2, 0.25) is 5.02 Å². The van der Waals surface area contributed by atoms with Crippen LogP contribution in [-0.2, 0) is 0 Å². The van der Waals surface area contributed by atoms with Gasteiger partial charge in [-0.1, -0.05) is 29.3 Å². The molecule has 0 spiro atoms. The van der Waals surface area contributed by atoms with Crippen molar-refractivity contribution >= 4 is 40.3 Å². The minimum Gasteiger partial charge on any atom is -0.495 e. The Balaban J connectivity index is 2.15. The molecular formula is C16H17ClN2O2S. The lowest BCUT2D eigenvalue weighted by atomic mass is 10.2. The van der Waals surface area contributed by atoms with Crippen LogP contribution >= 0.6 is 23.8 Å². The van der Waals surface area contributed by atoms with E-state index < -0.39 is 0 Å². The SMILES string of the molecule is COc1cc(NC(=S)Nc2ccc(C)cc2)c(OC)cc1Cl. The number of nitrogens with one attached hydrogen (secondary N) is 2. The van der Waals surface area contributed by atoms with E-state index in [1.54, 1.807) is 26.4 Å². The standard InChI is InChI=1S/C16H17ClN2O2S/c1-10-4-6-11(7-5-10)18-16(22)19-13-9-14(20-2)12(17)8-15(13)21-3/h4-9H,1-3H3,(H2,18,19,22). The summed E-state index contributed by atoms with van der Waals surface area (Å²) in [7, 11) is 3.13. The topological polar surface area (TPSA) is 42.5 Å². The predicted molar refractivity (Wildman–Crippen MR) is 95.6 cm³/mol. The highest BCUT2D eigenvalue weighted by Crippen LogP contribution is 2.35. The van der Waals surface area contributed by atoms with Gasteiger partial charge in [-0.25, -0.2) is 0 Å². The fraction of sp³-hybridized carbons (Fsp3) is 0.188. The Hall–Kier alpha value is -1.98. The van der Waals surface area contributed by atoms with Crippen LogP contribution in [0.3, 0.4) is 0 Å². The van der Waals surface area contributed by atoms with Crippen molar-refractivity contribution in [3.8, 4) is 11.5 Å². The van der Waals surface area contributed by atoms with E-state index in [1.807, 2.05) is 31.2 Å². The van der Waals surface area contributed by atoms with Gasteiger partial charge in [0, 0.05) is 17.8 Å². The number of methoxy groups -OCH3 is 2. The molecule has 0 heterocycles. The number of rotatable bonds is 4. The third-order valence-corrected chi connectivity index (χ3v) is 3.53. The van der Waals surface area contributed by atoms with E-state index in [0.717, 1.165) is 5.69 Å². The molecule has 116 valence electrons. The van der Waals surface area contributed by atoms with Gasteiger partial charge in [-0.05, 0) is 31.3 Å². The summed E-state index contributed by atoms with van der Waals surface area (Å²) in [6, 6.07) is 11.4. The molecule has 0 aliphatic carbocycles. The Bertz CT molecular complexity index is 675. The number of hydrogen-bond acceptors (Lipinski definition) is 3. The van der Waals surface area contributed by atoms with Crippen molar-refractivity contribution in [2.24, 2.45) is 0 Å². The van der Waals surface area contributed by atoms with Crippen LogP contribution in [0.15, 0.2) is 36.4 Å². The van der Waals surface area contributed by atoms with Gasteiger partial charge in [0.05, 0.1) is 24.9 Å². The fourth-order valence-electron chi connectivity index (χ4n) is 1.88. The second-order valence-electron chi connectivity index (χ2n) is 4.63. The van der Waals surface area contributed by atoms with Gasteiger partial charge in [-0.2, -0.15) is 0 Å². The highest BCUT2D eigenvalue weighted by Gasteiger charge is 2.11. The van der Waals surface area contributed by atoms with Crippen molar-refractivity contribution in [1.29, 1.82) is 0 Å². The van der Waals surface area contributed by atoms with Crippen molar-refractivity contribution in [2.45, 2.75) is 6.92 Å². The van der Waals surface area contributed by atoms with Gasteiger partial charge < -0.3 is 20.1 Å². The normalized spacial score (nSPS) is 10.0. The van der Waals surface area contributed by atoms with Gasteiger partial charge in [0.25, 0.3) is 0 Å². The third kappa shape index (κ3) is 4.02. The highest BCUT2D eigenvalue weighted by atomic mass is 35.5. The highest BCUT2D eigenvalue weighted by molar-refractivity contribution is 7.80. The molecule has 0 fully saturated rings. The van der Waals surface area contributed by atoms with Crippen molar-refractivity contribution in [3.05, 3.63) is 47.0 Å². The van der Waals surface area contributed by atoms with Gasteiger partial charge in [-0.3, -0.25) is 0 Å². The summed E-state index contributed by atoms with van der Waals surface area (Å²) >= 11 is 11.4. The van der Waals surface area contributed by atoms with Gasteiger partial charge in [0.1, 0.15) is 11.5 Å². The molecule has 0 aromatic heterocycles. The monoisotopic (exact) mass is 336 g/mol. The van der Waals surface area contributed by atoms with Crippen LogP contribution in [0.5, 0.6) is 11.5 Å². The van der Waals surface area contributed by atoms with E-state index >= 15 is 0 Å². The molecule has 0 atom stereocenters. The summed E-state index contributed by atoms with van der Waals surface area (Å²) in [5.74, 6) is 1.13. The lowest BCUT2D eigenvalue weighted by molar-refractivity contribution is 0.405. The minimum atomic E-state index is 0.450. The first-order valence-electron chi connectivity index (χ1n) is 6.59. The first kappa shape index (κ1) is 16.4. The van der Waals surface area contributed by atoms with Gasteiger partial charge in [0.2, 0.25) is 0 Å². The van der Waals surface area contributed by atoms with E-state index in [0.29, 0.717) is 27.3 Å². The maximum absolute atomic E-state index is 6.08. The van der Waals surface area contributed by atoms with Gasteiger partial charge >= 0.3 is 0 Å². The molecule has 2 rings (SSSR count). The smallest absolute Gasteiger partial charge is 0.175 e. The van der Waals surface area contributed by atoms with E-state index in [2.05, 4.69) is 10.6 Å². The molecule has 0 saturated heterocycles. The van der Waals surface area contributed by atoms with Crippen molar-refractivity contribution < 1.29 is 9.47 Å². The summed E-state index contributed by atoms with van der Waals surface area (Å²) < 4.78 is 10.5. The number of benzene rings is 2. The Morgan fingerprint density at radius 1 is 1.00 bits per heavy atom. The zero-order valence-corrected chi connectivity index (χ0v) is 14.1. The lowest BCUT2D eigenvalue weighted by Gasteiger charge is -2.15. The molecule has 6 heteroatoms. The van der Waals surface area contributed by atoms with E-state index in [1.165, 1.54) is 5.56 Å². The number of hydrogen-bond donors (Lipinski definition) is 2. The van der Waals surface area contributed by atoms with Crippen LogP contribution in [0, 0.1) is 6.92 Å². The molecule has 2 N–H and O–H groups in total. The largest absolute Gasteiger partial charge is 0.495 e. The molecule has 0 unspecified atom stereocenters. The molecule has 0 amide bonds. The molecule has 2 aromatic carbocycles. The quantitative estimate of drug-likeness (QED) is 0.806. The van der Waals surface area contributed by atoms with Crippen LogP contribution in [0.1, 0.15) is 5.56 Å². The van der Waals surface area contributed by atoms with Gasteiger partial charge in [0.15, 0.2) is 5.11 Å². The molecule has 0 radical (unpaired) electrons. The molecule has 0 aliphatic heterocycles. The predicted octanol–water partition coefficient (Wildman–Crippen LogP) is 4.47. The summed E-state index contributed by atoms with van der Waals surface area (Å²) in [4.78, 5) is 0. The Labute approximate surface area is 140 Å². The fourth-order valence-corrected chi connectivity index (χ4v) is 2.34. The average Bonchev–Trinajstić information content (AvgIpc) is 2.50. The second kappa shape index (κ2) is 7.33. The molecular weight excluding hydrogens is 320 g/mol. The zero-order valence-electron chi connectivity index (χ0n) is 12.6. The number of anilines is 2. The Kier molecular flexibility index (Phi) is 5.46. The lowest BCUT2D eigenvalue weighted by Crippen LogP contribution is -2.19. The van der Waals surface area contributed by atoms with Crippen LogP contribution in [0.4, 0.5) is 11.4 Å². The molecule has 4 nitrogen and oxygen atoms in total. The second-order valence-corrected chi connectivity index (χ2v) is 5.45. The maximum atomic E-state index is 6.08. The number of thiocarbonyl (C=S) groups is 1. The van der Waals surface area contributed by atoms with Crippen LogP contribution in [0.25, 0.3) is 0 Å². The number of halogens is 1. The molecule has 0 bridgehead atoms. The first-order chi connectivity index (χ1) is 10.5. The number of ether oxygens (including phenoxy) is 2. The van der Waals surface area contributed by atoms with E-state index in [9.17, 15) is 0 Å². The van der Waals surface area contributed by atoms with E-state index in [4.69, 9.17) is 33.3 Å². The van der Waals surface area contributed by atoms with Crippen LogP contribution < -0.4 is 20.1 Å². The summed E-state index contributed by atoms with van der Waals surface area (Å²) in [6.45, 7) is 2.03. The minimum absolute atomic E-state index is 0.450. The van der Waals surface area contributed by atoms with Gasteiger partial charge in [-0.15, -0.1) is 0 Å². The summed E-state index contributed by atoms with van der Waals surface area (Å²) in [5, 5.41) is 7.12. The molecule has 0 saturated carbocycles. The van der Waals surface area contributed by atoms with Crippen LogP contribution in [-0.4, -0.2) is 19.3 Å². The van der Waals surface area contributed by atoms with Crippen molar-refractivity contribution in [1.82, 2.24) is 0 Å².